The Morgan fingerprint density at radius 2 is 1.92 bits per heavy atom. The Morgan fingerprint density at radius 3 is 2.58 bits per heavy atom. The van der Waals surface area contributed by atoms with E-state index < -0.39 is 28.7 Å². The molecule has 0 fully saturated rings. The molecule has 1 N–H and O–H groups in total. The van der Waals surface area contributed by atoms with E-state index in [0.29, 0.717) is 0 Å². The van der Waals surface area contributed by atoms with E-state index in [1.807, 2.05) is 0 Å². The number of methoxy groups -OCH3 is 1. The van der Waals surface area contributed by atoms with Gasteiger partial charge in [-0.05, 0) is 24.3 Å². The zero-order chi connectivity index (χ0) is 17.4. The smallest absolute Gasteiger partial charge is 0.360 e. The second-order valence-corrected chi connectivity index (χ2v) is 4.82. The molecule has 1 aromatic heterocycles. The number of aromatic nitrogens is 2. The molecule has 6 nitrogen and oxygen atoms in total. The normalized spacial score (nSPS) is 10.8. The van der Waals surface area contributed by atoms with E-state index >= 15 is 0 Å². The molecule has 0 spiro atoms. The molecule has 0 aliphatic heterocycles. The highest BCUT2D eigenvalue weighted by atomic mass is 19.2. The van der Waals surface area contributed by atoms with Crippen molar-refractivity contribution in [1.82, 2.24) is 9.78 Å². The highest BCUT2D eigenvalue weighted by Gasteiger charge is 2.21. The molecular formula is C16H10F2N2O4. The molecule has 0 bridgehead atoms. The Morgan fingerprint density at radius 1 is 1.21 bits per heavy atom. The number of hydrogen-bond acceptors (Lipinski definition) is 4. The zero-order valence-corrected chi connectivity index (χ0v) is 12.3. The van der Waals surface area contributed by atoms with E-state index in [9.17, 15) is 23.5 Å². The first-order valence-electron chi connectivity index (χ1n) is 6.73. The summed E-state index contributed by atoms with van der Waals surface area (Å²) in [5.74, 6) is -3.82. The Balaban J connectivity index is 2.53. The lowest BCUT2D eigenvalue weighted by Crippen LogP contribution is -2.23. The van der Waals surface area contributed by atoms with Gasteiger partial charge in [-0.1, -0.05) is 12.1 Å². The Bertz CT molecular complexity index is 1030. The second kappa shape index (κ2) is 5.73. The molecule has 0 aliphatic carbocycles. The predicted molar refractivity (Wildman–Crippen MR) is 80.8 cm³/mol. The largest absolute Gasteiger partial charge is 0.496 e. The van der Waals surface area contributed by atoms with Gasteiger partial charge >= 0.3 is 5.97 Å². The lowest BCUT2D eigenvalue weighted by Gasteiger charge is -2.13. The van der Waals surface area contributed by atoms with E-state index in [1.54, 1.807) is 0 Å². The summed E-state index contributed by atoms with van der Waals surface area (Å²) in [6.45, 7) is 0. The molecule has 0 amide bonds. The van der Waals surface area contributed by atoms with Gasteiger partial charge in [0.2, 0.25) is 11.1 Å². The number of aromatic carboxylic acids is 1. The zero-order valence-electron chi connectivity index (χ0n) is 12.3. The van der Waals surface area contributed by atoms with Crippen LogP contribution in [0.5, 0.6) is 5.75 Å². The van der Waals surface area contributed by atoms with Crippen LogP contribution in [0.25, 0.3) is 16.6 Å². The number of carboxylic acid groups (broad SMARTS) is 1. The highest BCUT2D eigenvalue weighted by Crippen LogP contribution is 2.25. The minimum absolute atomic E-state index is 0.0870. The van der Waals surface area contributed by atoms with Gasteiger partial charge in [0.05, 0.1) is 18.0 Å². The quantitative estimate of drug-likeness (QED) is 0.796. The third kappa shape index (κ3) is 2.28. The van der Waals surface area contributed by atoms with Gasteiger partial charge in [0.1, 0.15) is 11.4 Å². The first kappa shape index (κ1) is 15.6. The van der Waals surface area contributed by atoms with Gasteiger partial charge in [-0.2, -0.15) is 5.10 Å². The second-order valence-electron chi connectivity index (χ2n) is 4.82. The van der Waals surface area contributed by atoms with Gasteiger partial charge in [-0.15, -0.1) is 0 Å². The molecule has 0 unspecified atom stereocenters. The average Bonchev–Trinajstić information content (AvgIpc) is 2.57. The maximum absolute atomic E-state index is 14.1. The van der Waals surface area contributed by atoms with Gasteiger partial charge in [-0.25, -0.2) is 18.3 Å². The molecule has 2 aromatic carbocycles. The van der Waals surface area contributed by atoms with Gasteiger partial charge in [0, 0.05) is 0 Å². The molecule has 122 valence electrons. The third-order valence-electron chi connectivity index (χ3n) is 3.46. The van der Waals surface area contributed by atoms with Crippen molar-refractivity contribution in [2.75, 3.05) is 7.11 Å². The molecule has 0 aliphatic rings. The molecule has 0 saturated carbocycles. The van der Waals surface area contributed by atoms with Crippen LogP contribution in [0.15, 0.2) is 41.2 Å². The van der Waals surface area contributed by atoms with Crippen LogP contribution in [0.1, 0.15) is 10.5 Å². The number of fused-ring (bicyclic) bond motifs is 1. The number of nitrogens with zero attached hydrogens (tertiary/aromatic N) is 2. The molecule has 0 radical (unpaired) electrons. The summed E-state index contributed by atoms with van der Waals surface area (Å²) in [7, 11) is 1.31. The number of carboxylic acids is 1. The van der Waals surface area contributed by atoms with Crippen LogP contribution in [0, 0.1) is 11.6 Å². The monoisotopic (exact) mass is 332 g/mol. The summed E-state index contributed by atoms with van der Waals surface area (Å²) >= 11 is 0. The minimum atomic E-state index is -1.58. The molecule has 0 atom stereocenters. The highest BCUT2D eigenvalue weighted by molar-refractivity contribution is 5.93. The lowest BCUT2D eigenvalue weighted by atomic mass is 10.1. The van der Waals surface area contributed by atoms with Crippen molar-refractivity contribution in [1.29, 1.82) is 0 Å². The van der Waals surface area contributed by atoms with Crippen LogP contribution in [0.4, 0.5) is 8.78 Å². The third-order valence-corrected chi connectivity index (χ3v) is 3.46. The van der Waals surface area contributed by atoms with E-state index in [0.717, 1.165) is 10.7 Å². The van der Waals surface area contributed by atoms with Crippen LogP contribution in [0.3, 0.4) is 0 Å². The number of rotatable bonds is 3. The Hall–Kier alpha value is -3.29. The first-order valence-corrected chi connectivity index (χ1v) is 6.73. The average molecular weight is 332 g/mol. The lowest BCUT2D eigenvalue weighted by molar-refractivity contribution is 0.0687. The fourth-order valence-corrected chi connectivity index (χ4v) is 2.39. The fraction of sp³-hybridized carbons (Fsp3) is 0.0625. The summed E-state index contributed by atoms with van der Waals surface area (Å²) in [5, 5.41) is 12.8. The van der Waals surface area contributed by atoms with Crippen molar-refractivity contribution in [2.24, 2.45) is 0 Å². The van der Waals surface area contributed by atoms with Crippen LogP contribution >= 0.6 is 0 Å². The SMILES string of the molecule is COc1cccc2c1c(=O)c(C(=O)O)nn2-c1cccc(F)c1F. The molecule has 3 aromatic rings. The Labute approximate surface area is 133 Å². The van der Waals surface area contributed by atoms with Crippen molar-refractivity contribution >= 4 is 16.9 Å². The maximum atomic E-state index is 14.1. The standard InChI is InChI=1S/C16H10F2N2O4/c1-24-11-7-3-5-9-12(11)15(21)14(16(22)23)19-20(9)10-6-2-4-8(17)13(10)18/h2-7H,1H3,(H,22,23). The number of hydrogen-bond donors (Lipinski definition) is 1. The van der Waals surface area contributed by atoms with Crippen molar-refractivity contribution in [3.8, 4) is 11.4 Å². The van der Waals surface area contributed by atoms with Crippen LogP contribution in [0.2, 0.25) is 0 Å². The van der Waals surface area contributed by atoms with Gasteiger partial charge in [0.15, 0.2) is 11.6 Å². The van der Waals surface area contributed by atoms with E-state index in [-0.39, 0.29) is 22.3 Å². The number of halogens is 2. The van der Waals surface area contributed by atoms with Crippen LogP contribution in [-0.2, 0) is 0 Å². The molecule has 24 heavy (non-hydrogen) atoms. The van der Waals surface area contributed by atoms with Crippen molar-refractivity contribution < 1.29 is 23.4 Å². The number of benzene rings is 2. The van der Waals surface area contributed by atoms with E-state index in [1.165, 1.54) is 37.4 Å². The summed E-state index contributed by atoms with van der Waals surface area (Å²) in [6, 6.07) is 7.81. The molecule has 3 rings (SSSR count). The maximum Gasteiger partial charge on any atom is 0.360 e. The topological polar surface area (TPSA) is 81.4 Å². The summed E-state index contributed by atoms with van der Waals surface area (Å²) in [4.78, 5) is 23.7. The van der Waals surface area contributed by atoms with E-state index in [4.69, 9.17) is 4.74 Å². The van der Waals surface area contributed by atoms with Crippen molar-refractivity contribution in [3.05, 3.63) is 63.9 Å². The Kier molecular flexibility index (Phi) is 3.72. The number of carbonyl (C=O) groups is 1. The van der Waals surface area contributed by atoms with Gasteiger partial charge < -0.3 is 9.84 Å². The van der Waals surface area contributed by atoms with Crippen LogP contribution in [-0.4, -0.2) is 28.0 Å². The number of ether oxygens (including phenoxy) is 1. The van der Waals surface area contributed by atoms with Gasteiger partial charge in [0.25, 0.3) is 0 Å². The van der Waals surface area contributed by atoms with Crippen LogP contribution < -0.4 is 10.2 Å². The first-order chi connectivity index (χ1) is 11.5. The minimum Gasteiger partial charge on any atom is -0.496 e. The molecule has 0 saturated heterocycles. The molecule has 1 heterocycles. The van der Waals surface area contributed by atoms with Crippen molar-refractivity contribution in [3.63, 3.8) is 0 Å². The van der Waals surface area contributed by atoms with E-state index in [2.05, 4.69) is 5.10 Å². The summed E-state index contributed by atoms with van der Waals surface area (Å²) < 4.78 is 33.6. The predicted octanol–water partition coefficient (Wildman–Crippen LogP) is 2.37. The molecular weight excluding hydrogens is 322 g/mol. The van der Waals surface area contributed by atoms with Gasteiger partial charge in [-0.3, -0.25) is 4.79 Å². The summed E-state index contributed by atoms with van der Waals surface area (Å²) in [6.07, 6.45) is 0. The molecule has 8 heteroatoms. The summed E-state index contributed by atoms with van der Waals surface area (Å²) in [5.41, 5.74) is -1.93. The fourth-order valence-electron chi connectivity index (χ4n) is 2.39. The van der Waals surface area contributed by atoms with Crippen molar-refractivity contribution in [2.45, 2.75) is 0 Å².